The average molecular weight is 233 g/mol. The van der Waals surface area contributed by atoms with E-state index in [4.69, 9.17) is 14.8 Å². The van der Waals surface area contributed by atoms with Gasteiger partial charge < -0.3 is 4.74 Å². The number of nitrogens with zero attached hydrogens (tertiary/aromatic N) is 1. The van der Waals surface area contributed by atoms with Crippen LogP contribution < -0.4 is 0 Å². The Bertz CT molecular complexity index is 268. The van der Waals surface area contributed by atoms with E-state index in [1.807, 2.05) is 25.2 Å². The molecule has 1 aliphatic rings. The molecule has 2 radical (unpaired) electrons. The van der Waals surface area contributed by atoms with Gasteiger partial charge in [0.1, 0.15) is 5.76 Å². The van der Waals surface area contributed by atoms with Gasteiger partial charge in [0.25, 0.3) is 6.79 Å². The summed E-state index contributed by atoms with van der Waals surface area (Å²) in [6.07, 6.45) is 6.39. The first kappa shape index (κ1) is 15.4. The van der Waals surface area contributed by atoms with Crippen molar-refractivity contribution in [3.05, 3.63) is 24.0 Å². The molecule has 4 heteroatoms. The van der Waals surface area contributed by atoms with Crippen LogP contribution >= 0.6 is 0 Å². The van der Waals surface area contributed by atoms with Crippen LogP contribution in [-0.4, -0.2) is 13.9 Å². The molecule has 0 aromatic heterocycles. The first-order valence-corrected chi connectivity index (χ1v) is 3.75. The number of rotatable bonds is 1. The molecule has 0 aromatic carbocycles. The van der Waals surface area contributed by atoms with Crippen molar-refractivity contribution >= 4 is 6.79 Å². The summed E-state index contributed by atoms with van der Waals surface area (Å²) in [5.74, 6) is 0.845. The second kappa shape index (κ2) is 7.37. The Balaban J connectivity index is 0. The molecule has 0 spiro atoms. The summed E-state index contributed by atoms with van der Waals surface area (Å²) in [4.78, 5) is 7.50. The van der Waals surface area contributed by atoms with Crippen molar-refractivity contribution in [2.45, 2.75) is 13.3 Å². The van der Waals surface area contributed by atoms with Crippen molar-refractivity contribution < 1.29 is 26.6 Å². The Morgan fingerprint density at radius 1 is 1.64 bits per heavy atom. The molecule has 1 atom stereocenters. The summed E-state index contributed by atoms with van der Waals surface area (Å²) in [7, 11) is 1.63. The van der Waals surface area contributed by atoms with E-state index in [0.717, 1.165) is 12.2 Å². The fourth-order valence-electron chi connectivity index (χ4n) is 0.949. The van der Waals surface area contributed by atoms with Crippen LogP contribution in [0.25, 0.3) is 0 Å². The number of nitriles is 1. The second-order valence-electron chi connectivity index (χ2n) is 2.88. The van der Waals surface area contributed by atoms with E-state index in [9.17, 15) is 0 Å². The Morgan fingerprint density at radius 3 is 2.50 bits per heavy atom. The predicted molar refractivity (Wildman–Crippen MR) is 48.3 cm³/mol. The Kier molecular flexibility index (Phi) is 8.13. The van der Waals surface area contributed by atoms with Crippen LogP contribution in [-0.2, 0) is 26.6 Å². The van der Waals surface area contributed by atoms with E-state index in [2.05, 4.69) is 12.9 Å². The van der Waals surface area contributed by atoms with Gasteiger partial charge in [0.2, 0.25) is 0 Å². The van der Waals surface area contributed by atoms with E-state index in [1.165, 1.54) is 0 Å². The minimum Gasteiger partial charge on any atom is -0.497 e. The Hall–Kier alpha value is -1.04. The normalized spacial score (nSPS) is 23.1. The molecule has 0 aliphatic heterocycles. The predicted octanol–water partition coefficient (Wildman–Crippen LogP) is 1.61. The van der Waals surface area contributed by atoms with E-state index >= 15 is 0 Å². The summed E-state index contributed by atoms with van der Waals surface area (Å²) in [6, 6.07) is 2.24. The van der Waals surface area contributed by atoms with Crippen molar-refractivity contribution in [2.75, 3.05) is 7.11 Å². The van der Waals surface area contributed by atoms with Crippen LogP contribution in [0.5, 0.6) is 0 Å². The van der Waals surface area contributed by atoms with Gasteiger partial charge in [0.05, 0.1) is 18.6 Å². The van der Waals surface area contributed by atoms with Crippen LogP contribution in [0.3, 0.4) is 0 Å². The van der Waals surface area contributed by atoms with E-state index < -0.39 is 0 Å². The molecule has 0 N–H and O–H groups in total. The van der Waals surface area contributed by atoms with Gasteiger partial charge in [-0.2, -0.15) is 5.26 Å². The molecule has 0 heterocycles. The van der Waals surface area contributed by atoms with Crippen LogP contribution in [0.15, 0.2) is 24.0 Å². The minimum atomic E-state index is -0.331. The van der Waals surface area contributed by atoms with E-state index in [1.54, 1.807) is 7.11 Å². The third kappa shape index (κ3) is 4.27. The molecule has 0 saturated heterocycles. The number of hydrogen-bond donors (Lipinski definition) is 0. The third-order valence-electron chi connectivity index (χ3n) is 1.83. The zero-order valence-corrected chi connectivity index (χ0v) is 9.16. The number of hydrogen-bond acceptors (Lipinski definition) is 3. The molecular formula is C10H11FeNO2. The summed E-state index contributed by atoms with van der Waals surface area (Å²) >= 11 is 0. The smallest absolute Gasteiger partial charge is 0.281 e. The van der Waals surface area contributed by atoms with Gasteiger partial charge in [0, 0.05) is 17.1 Å². The Labute approximate surface area is 94.9 Å². The molecule has 0 fully saturated rings. The molecule has 76 valence electrons. The van der Waals surface area contributed by atoms with Crippen molar-refractivity contribution in [3.8, 4) is 6.07 Å². The van der Waals surface area contributed by atoms with Gasteiger partial charge in [-0.05, 0) is 25.5 Å². The van der Waals surface area contributed by atoms with Gasteiger partial charge in [-0.25, -0.2) is 0 Å². The fraction of sp³-hybridized carbons (Fsp3) is 0.400. The van der Waals surface area contributed by atoms with E-state index in [-0.39, 0.29) is 22.5 Å². The Morgan fingerprint density at radius 2 is 2.21 bits per heavy atom. The van der Waals surface area contributed by atoms with Gasteiger partial charge in [0.15, 0.2) is 0 Å². The molecule has 1 unspecified atom stereocenters. The molecule has 1 aliphatic carbocycles. The molecule has 3 nitrogen and oxygen atoms in total. The fourth-order valence-corrected chi connectivity index (χ4v) is 0.949. The minimum absolute atomic E-state index is 0. The van der Waals surface area contributed by atoms with Crippen LogP contribution in [0.1, 0.15) is 13.3 Å². The van der Waals surface area contributed by atoms with Gasteiger partial charge in [-0.15, -0.1) is 0 Å². The van der Waals surface area contributed by atoms with Crippen molar-refractivity contribution in [1.82, 2.24) is 0 Å². The van der Waals surface area contributed by atoms with Crippen LogP contribution in [0.2, 0.25) is 0 Å². The zero-order chi connectivity index (χ0) is 10.3. The standard InChI is InChI=1S/C9H11NO.CO.Fe/c1-9(7-10)5-3-8(11-2)4-6-9;1-2;/h3-5H,6H2,1-2H3;;. The number of carbonyl (C=O) groups excluding carboxylic acids is 1. The SMILES string of the molecule is COC1=CCC(C)(C#N)C=C1.[C]=O.[Fe]. The van der Waals surface area contributed by atoms with Gasteiger partial charge >= 0.3 is 0 Å². The maximum atomic E-state index is 8.74. The number of ether oxygens (including phenoxy) is 1. The monoisotopic (exact) mass is 233 g/mol. The van der Waals surface area contributed by atoms with E-state index in [0.29, 0.717) is 0 Å². The van der Waals surface area contributed by atoms with Crippen molar-refractivity contribution in [1.29, 1.82) is 5.26 Å². The summed E-state index contributed by atoms with van der Waals surface area (Å²) in [5, 5.41) is 8.74. The largest absolute Gasteiger partial charge is 0.497 e. The topological polar surface area (TPSA) is 50.1 Å². The van der Waals surface area contributed by atoms with Crippen molar-refractivity contribution in [3.63, 3.8) is 0 Å². The van der Waals surface area contributed by atoms with Gasteiger partial charge in [-0.1, -0.05) is 6.08 Å². The molecule has 0 aromatic rings. The molecule has 0 saturated carbocycles. The molecule has 14 heavy (non-hydrogen) atoms. The summed E-state index contributed by atoms with van der Waals surface area (Å²) in [5.41, 5.74) is -0.331. The first-order chi connectivity index (χ1) is 6.20. The second-order valence-corrected chi connectivity index (χ2v) is 2.88. The molecule has 0 bridgehead atoms. The zero-order valence-electron chi connectivity index (χ0n) is 8.06. The first-order valence-electron chi connectivity index (χ1n) is 3.75. The quantitative estimate of drug-likeness (QED) is 0.646. The number of methoxy groups -OCH3 is 1. The third-order valence-corrected chi connectivity index (χ3v) is 1.83. The van der Waals surface area contributed by atoms with Crippen LogP contribution in [0, 0.1) is 16.7 Å². The van der Waals surface area contributed by atoms with Gasteiger partial charge in [-0.3, -0.25) is 4.79 Å². The van der Waals surface area contributed by atoms with Crippen LogP contribution in [0.4, 0.5) is 0 Å². The summed E-state index contributed by atoms with van der Waals surface area (Å²) in [6.45, 7) is 6.41. The van der Waals surface area contributed by atoms with Crippen molar-refractivity contribution in [2.24, 2.45) is 5.41 Å². The molecule has 1 rings (SSSR count). The summed E-state index contributed by atoms with van der Waals surface area (Å²) < 4.78 is 4.99. The molecular weight excluding hydrogens is 222 g/mol. The maximum Gasteiger partial charge on any atom is 0.281 e. The molecule has 0 amide bonds. The number of allylic oxidation sites excluding steroid dienone is 3. The average Bonchev–Trinajstić information content (AvgIpc) is 2.22. The maximum absolute atomic E-state index is 8.74.